The van der Waals surface area contributed by atoms with Gasteiger partial charge in [-0.2, -0.15) is 4.31 Å². The molecule has 1 heterocycles. The minimum atomic E-state index is -3.83. The highest BCUT2D eigenvalue weighted by molar-refractivity contribution is 8.02. The van der Waals surface area contributed by atoms with Gasteiger partial charge >= 0.3 is 0 Å². The van der Waals surface area contributed by atoms with Crippen LogP contribution in [0.2, 0.25) is 0 Å². The van der Waals surface area contributed by atoms with E-state index in [0.717, 1.165) is 26.8 Å². The number of hydrogen-bond acceptors (Lipinski definition) is 5. The van der Waals surface area contributed by atoms with Gasteiger partial charge in [-0.1, -0.05) is 30.3 Å². The SMILES string of the molecule is O=C([O-])[C@H]1SCCN1S(=O)(=O)c1ccc2ccccc2c1. The number of sulfonamides is 1. The first-order valence-corrected chi connectivity index (χ1v) is 8.82. The summed E-state index contributed by atoms with van der Waals surface area (Å²) < 4.78 is 26.2. The number of carbonyl (C=O) groups excluding carboxylic acids is 1. The molecule has 0 bridgehead atoms. The van der Waals surface area contributed by atoms with Gasteiger partial charge in [0.05, 0.1) is 10.9 Å². The molecule has 2 aromatic carbocycles. The molecule has 0 aromatic heterocycles. The number of thioether (sulfide) groups is 1. The molecule has 1 saturated heterocycles. The van der Waals surface area contributed by atoms with Crippen LogP contribution in [0.4, 0.5) is 0 Å². The molecule has 0 N–H and O–H groups in total. The topological polar surface area (TPSA) is 77.5 Å². The van der Waals surface area contributed by atoms with Crippen molar-refractivity contribution in [2.45, 2.75) is 10.3 Å². The number of carboxylic acid groups (broad SMARTS) is 1. The van der Waals surface area contributed by atoms with E-state index in [2.05, 4.69) is 0 Å². The second-order valence-corrected chi connectivity index (χ2v) is 7.75. The van der Waals surface area contributed by atoms with E-state index in [4.69, 9.17) is 0 Å². The third kappa shape index (κ3) is 2.52. The maximum Gasteiger partial charge on any atom is 0.244 e. The minimum absolute atomic E-state index is 0.106. The third-order valence-corrected chi connectivity index (χ3v) is 6.55. The van der Waals surface area contributed by atoms with Crippen molar-refractivity contribution in [2.75, 3.05) is 12.3 Å². The number of nitrogens with zero attached hydrogens (tertiary/aromatic N) is 1. The van der Waals surface area contributed by atoms with Crippen molar-refractivity contribution in [2.24, 2.45) is 0 Å². The molecule has 0 unspecified atom stereocenters. The summed E-state index contributed by atoms with van der Waals surface area (Å²) in [6, 6.07) is 12.2. The van der Waals surface area contributed by atoms with Crippen molar-refractivity contribution >= 4 is 38.5 Å². The average molecular weight is 322 g/mol. The zero-order valence-electron chi connectivity index (χ0n) is 10.9. The standard InChI is InChI=1S/C14H13NO4S2/c16-14(17)13-15(7-8-20-13)21(18,19)12-6-5-10-3-1-2-4-11(10)9-12/h1-6,9,13H,7-8H2,(H,16,17)/p-1/t13-/m1/s1. The van der Waals surface area contributed by atoms with Crippen LogP contribution in [0.3, 0.4) is 0 Å². The molecule has 0 radical (unpaired) electrons. The van der Waals surface area contributed by atoms with Gasteiger partial charge < -0.3 is 9.90 Å². The van der Waals surface area contributed by atoms with Crippen molar-refractivity contribution in [3.05, 3.63) is 42.5 Å². The summed E-state index contributed by atoms with van der Waals surface area (Å²) in [6.45, 7) is 0.179. The molecule has 0 aliphatic carbocycles. The van der Waals surface area contributed by atoms with Crippen LogP contribution in [0, 0.1) is 0 Å². The van der Waals surface area contributed by atoms with E-state index >= 15 is 0 Å². The molecule has 1 atom stereocenters. The van der Waals surface area contributed by atoms with E-state index in [1.807, 2.05) is 24.3 Å². The summed E-state index contributed by atoms with van der Waals surface area (Å²) >= 11 is 1.07. The molecule has 3 rings (SSSR count). The van der Waals surface area contributed by atoms with Crippen LogP contribution in [-0.4, -0.2) is 36.4 Å². The highest BCUT2D eigenvalue weighted by Gasteiger charge is 2.36. The molecule has 2 aromatic rings. The van der Waals surface area contributed by atoms with Gasteiger partial charge in [0, 0.05) is 12.3 Å². The Hall–Kier alpha value is -1.57. The molecule has 1 fully saturated rings. The van der Waals surface area contributed by atoms with Crippen LogP contribution in [0.1, 0.15) is 0 Å². The number of carbonyl (C=O) groups is 1. The molecule has 0 amide bonds. The number of hydrogen-bond donors (Lipinski definition) is 0. The lowest BCUT2D eigenvalue weighted by molar-refractivity contribution is -0.306. The maximum atomic E-state index is 12.6. The predicted octanol–water partition coefficient (Wildman–Crippen LogP) is 0.653. The van der Waals surface area contributed by atoms with E-state index in [0.29, 0.717) is 5.75 Å². The van der Waals surface area contributed by atoms with E-state index in [9.17, 15) is 18.3 Å². The molecule has 5 nitrogen and oxygen atoms in total. The summed E-state index contributed by atoms with van der Waals surface area (Å²) in [5.74, 6) is -0.923. The van der Waals surface area contributed by atoms with Gasteiger partial charge in [0.15, 0.2) is 0 Å². The summed E-state index contributed by atoms with van der Waals surface area (Å²) in [5, 5.41) is 11.6. The Labute approximate surface area is 126 Å². The molecule has 0 spiro atoms. The molecule has 7 heteroatoms. The monoisotopic (exact) mass is 322 g/mol. The van der Waals surface area contributed by atoms with Gasteiger partial charge in [-0.3, -0.25) is 0 Å². The lowest BCUT2D eigenvalue weighted by atomic mass is 10.1. The molecular formula is C14H12NO4S2-. The largest absolute Gasteiger partial charge is 0.547 e. The van der Waals surface area contributed by atoms with Gasteiger partial charge in [0.25, 0.3) is 0 Å². The fourth-order valence-corrected chi connectivity index (χ4v) is 5.38. The Morgan fingerprint density at radius 2 is 1.90 bits per heavy atom. The number of benzene rings is 2. The van der Waals surface area contributed by atoms with Crippen LogP contribution in [0.25, 0.3) is 10.8 Å². The minimum Gasteiger partial charge on any atom is -0.547 e. The Kier molecular flexibility index (Phi) is 3.64. The second kappa shape index (κ2) is 5.32. The highest BCUT2D eigenvalue weighted by Crippen LogP contribution is 2.30. The molecule has 110 valence electrons. The van der Waals surface area contributed by atoms with E-state index in [1.165, 1.54) is 6.07 Å². The number of aliphatic carboxylic acids is 1. The van der Waals surface area contributed by atoms with Crippen molar-refractivity contribution in [1.82, 2.24) is 4.31 Å². The normalized spacial score (nSPS) is 19.9. The Morgan fingerprint density at radius 1 is 1.19 bits per heavy atom. The zero-order valence-corrected chi connectivity index (χ0v) is 12.6. The van der Waals surface area contributed by atoms with Crippen molar-refractivity contribution < 1.29 is 18.3 Å². The Morgan fingerprint density at radius 3 is 2.62 bits per heavy atom. The summed E-state index contributed by atoms with van der Waals surface area (Å²) in [5.41, 5.74) is 0. The number of fused-ring (bicyclic) bond motifs is 1. The smallest absolute Gasteiger partial charge is 0.244 e. The summed E-state index contributed by atoms with van der Waals surface area (Å²) in [7, 11) is -3.83. The van der Waals surface area contributed by atoms with Crippen LogP contribution in [0.15, 0.2) is 47.4 Å². The second-order valence-electron chi connectivity index (χ2n) is 4.67. The van der Waals surface area contributed by atoms with Crippen molar-refractivity contribution in [3.63, 3.8) is 0 Å². The number of carboxylic acids is 1. The number of rotatable bonds is 3. The van der Waals surface area contributed by atoms with Crippen LogP contribution in [0.5, 0.6) is 0 Å². The first-order valence-electron chi connectivity index (χ1n) is 6.33. The molecule has 0 saturated carbocycles. The first-order chi connectivity index (χ1) is 10.00. The van der Waals surface area contributed by atoms with E-state index in [1.54, 1.807) is 12.1 Å². The van der Waals surface area contributed by atoms with Crippen LogP contribution < -0.4 is 5.11 Å². The molecule has 1 aliphatic rings. The van der Waals surface area contributed by atoms with Crippen LogP contribution >= 0.6 is 11.8 Å². The van der Waals surface area contributed by atoms with Gasteiger partial charge in [0.1, 0.15) is 5.37 Å². The van der Waals surface area contributed by atoms with E-state index in [-0.39, 0.29) is 11.4 Å². The average Bonchev–Trinajstić information content (AvgIpc) is 2.97. The van der Waals surface area contributed by atoms with Gasteiger partial charge in [-0.25, -0.2) is 8.42 Å². The quantitative estimate of drug-likeness (QED) is 0.829. The van der Waals surface area contributed by atoms with E-state index < -0.39 is 21.4 Å². The predicted molar refractivity (Wildman–Crippen MR) is 79.1 cm³/mol. The summed E-state index contributed by atoms with van der Waals surface area (Å²) in [6.07, 6.45) is 0. The van der Waals surface area contributed by atoms with Crippen molar-refractivity contribution in [3.8, 4) is 0 Å². The molecule has 21 heavy (non-hydrogen) atoms. The summed E-state index contributed by atoms with van der Waals surface area (Å²) in [4.78, 5) is 11.2. The molecular weight excluding hydrogens is 310 g/mol. The Balaban J connectivity index is 2.05. The van der Waals surface area contributed by atoms with Gasteiger partial charge in [-0.05, 0) is 22.9 Å². The zero-order chi connectivity index (χ0) is 15.0. The Bertz CT molecular complexity index is 803. The lowest BCUT2D eigenvalue weighted by Gasteiger charge is -2.23. The highest BCUT2D eigenvalue weighted by atomic mass is 32.2. The van der Waals surface area contributed by atoms with Gasteiger partial charge in [0.2, 0.25) is 10.0 Å². The first kappa shape index (κ1) is 14.4. The maximum absolute atomic E-state index is 12.6. The fraction of sp³-hybridized carbons (Fsp3) is 0.214. The van der Waals surface area contributed by atoms with Crippen LogP contribution in [-0.2, 0) is 14.8 Å². The molecule has 1 aliphatic heterocycles. The fourth-order valence-electron chi connectivity index (χ4n) is 2.35. The van der Waals surface area contributed by atoms with Gasteiger partial charge in [-0.15, -0.1) is 11.8 Å². The lowest BCUT2D eigenvalue weighted by Crippen LogP contribution is -2.45. The third-order valence-electron chi connectivity index (χ3n) is 3.38. The van der Waals surface area contributed by atoms with Crippen molar-refractivity contribution in [1.29, 1.82) is 0 Å².